The highest BCUT2D eigenvalue weighted by Crippen LogP contribution is 2.23. The zero-order valence-corrected chi connectivity index (χ0v) is 45.7. The van der Waals surface area contributed by atoms with Gasteiger partial charge in [-0.15, -0.1) is 0 Å². The second-order valence-electron chi connectivity index (χ2n) is 21.1. The van der Waals surface area contributed by atoms with Crippen molar-refractivity contribution in [3.8, 4) is 0 Å². The van der Waals surface area contributed by atoms with Crippen LogP contribution in [-0.4, -0.2) is 110 Å². The van der Waals surface area contributed by atoms with E-state index < -0.39 is 74.2 Å². The summed E-state index contributed by atoms with van der Waals surface area (Å²) in [5, 5.41) is 75.6. The number of carbonyl (C=O) groups excluding carboxylic acids is 1. The lowest BCUT2D eigenvalue weighted by Gasteiger charge is -2.40. The first-order chi connectivity index (χ1) is 34.7. The number of aliphatic hydroxyl groups is 7. The van der Waals surface area contributed by atoms with Gasteiger partial charge in [-0.25, -0.2) is 0 Å². The monoisotopic (exact) mass is 1010 g/mol. The summed E-state index contributed by atoms with van der Waals surface area (Å²) in [4.78, 5) is 13.1. The number of unbranched alkanes of at least 4 members (excludes halogenated alkanes) is 33. The van der Waals surface area contributed by atoms with Gasteiger partial charge in [-0.2, -0.15) is 0 Å². The molecule has 1 amide bonds. The maximum atomic E-state index is 13.1. The van der Waals surface area contributed by atoms with Crippen molar-refractivity contribution in [1.82, 2.24) is 5.32 Å². The molecule has 9 atom stereocenters. The maximum Gasteiger partial charge on any atom is 0.249 e. The zero-order valence-electron chi connectivity index (χ0n) is 45.7. The van der Waals surface area contributed by atoms with E-state index >= 15 is 0 Å². The predicted octanol–water partition coefficient (Wildman–Crippen LogP) is 12.7. The van der Waals surface area contributed by atoms with Gasteiger partial charge in [-0.05, 0) is 70.6 Å². The average Bonchev–Trinajstić information content (AvgIpc) is 3.37. The van der Waals surface area contributed by atoms with Crippen molar-refractivity contribution in [2.24, 2.45) is 0 Å². The van der Waals surface area contributed by atoms with E-state index in [1.165, 1.54) is 180 Å². The molecule has 1 aliphatic rings. The molecule has 0 aromatic heterocycles. The Labute approximate surface area is 435 Å². The molecule has 0 aromatic carbocycles. The number of ether oxygens (including phenoxy) is 2. The number of hydrogen-bond donors (Lipinski definition) is 8. The fourth-order valence-electron chi connectivity index (χ4n) is 9.53. The SMILES string of the molecule is CCCCC/C=C/CCCC(O)C(O)C(COC1OC(CO)C(O)C(O)C1O)NC(=O)C(O)CCCCCCCCCCCCCCCCCC/C=C\C/C=C\CCCCCCCCCCCCCCC. The van der Waals surface area contributed by atoms with Crippen LogP contribution in [0.1, 0.15) is 271 Å². The minimum atomic E-state index is -1.67. The number of amides is 1. The summed E-state index contributed by atoms with van der Waals surface area (Å²) >= 11 is 0. The average molecular weight is 1010 g/mol. The molecule has 0 spiro atoms. The van der Waals surface area contributed by atoms with E-state index in [4.69, 9.17) is 9.47 Å². The van der Waals surface area contributed by atoms with Crippen LogP contribution in [0.5, 0.6) is 0 Å². The maximum absolute atomic E-state index is 13.1. The summed E-state index contributed by atoms with van der Waals surface area (Å²) < 4.78 is 11.1. The molecule has 1 rings (SSSR count). The minimum Gasteiger partial charge on any atom is -0.394 e. The Morgan fingerprint density at radius 1 is 0.493 bits per heavy atom. The fraction of sp³-hybridized carbons (Fsp3) is 0.883. The first-order valence-electron chi connectivity index (χ1n) is 29.9. The molecule has 11 nitrogen and oxygen atoms in total. The Hall–Kier alpha value is -1.67. The van der Waals surface area contributed by atoms with E-state index in [0.717, 1.165) is 51.4 Å². The van der Waals surface area contributed by atoms with Crippen molar-refractivity contribution in [3.63, 3.8) is 0 Å². The second-order valence-corrected chi connectivity index (χ2v) is 21.1. The molecule has 71 heavy (non-hydrogen) atoms. The first-order valence-corrected chi connectivity index (χ1v) is 29.9. The van der Waals surface area contributed by atoms with E-state index in [9.17, 15) is 40.5 Å². The van der Waals surface area contributed by atoms with Crippen LogP contribution in [0.15, 0.2) is 36.5 Å². The summed E-state index contributed by atoms with van der Waals surface area (Å²) in [6, 6.07) is -1.18. The molecule has 8 N–H and O–H groups in total. The third kappa shape index (κ3) is 37.7. The highest BCUT2D eigenvalue weighted by Gasteiger charge is 2.44. The number of rotatable bonds is 51. The van der Waals surface area contributed by atoms with Gasteiger partial charge in [0.25, 0.3) is 0 Å². The Kier molecular flexibility index (Phi) is 46.7. The summed E-state index contributed by atoms with van der Waals surface area (Å²) in [6.45, 7) is 3.38. The smallest absolute Gasteiger partial charge is 0.249 e. The van der Waals surface area contributed by atoms with E-state index in [1.54, 1.807) is 0 Å². The van der Waals surface area contributed by atoms with E-state index in [-0.39, 0.29) is 12.8 Å². The normalized spacial score (nSPS) is 20.4. The van der Waals surface area contributed by atoms with Gasteiger partial charge in [0.15, 0.2) is 6.29 Å². The Balaban J connectivity index is 2.10. The zero-order chi connectivity index (χ0) is 51.8. The van der Waals surface area contributed by atoms with Crippen LogP contribution >= 0.6 is 0 Å². The fourth-order valence-corrected chi connectivity index (χ4v) is 9.53. The number of allylic oxidation sites excluding steroid dienone is 6. The molecule has 0 saturated carbocycles. The number of aliphatic hydroxyl groups excluding tert-OH is 7. The Morgan fingerprint density at radius 3 is 1.32 bits per heavy atom. The Bertz CT molecular complexity index is 1250. The van der Waals surface area contributed by atoms with Gasteiger partial charge in [0, 0.05) is 0 Å². The molecular formula is C60H113NO10. The molecule has 0 bridgehead atoms. The summed E-state index contributed by atoms with van der Waals surface area (Å²) in [7, 11) is 0. The van der Waals surface area contributed by atoms with Crippen molar-refractivity contribution in [1.29, 1.82) is 0 Å². The van der Waals surface area contributed by atoms with Crippen molar-refractivity contribution >= 4 is 5.91 Å². The van der Waals surface area contributed by atoms with Gasteiger partial charge < -0.3 is 50.5 Å². The molecule has 9 unspecified atom stereocenters. The van der Waals surface area contributed by atoms with Gasteiger partial charge in [0.2, 0.25) is 5.91 Å². The van der Waals surface area contributed by atoms with Crippen LogP contribution in [0.3, 0.4) is 0 Å². The van der Waals surface area contributed by atoms with Crippen LogP contribution in [0, 0.1) is 0 Å². The second kappa shape index (κ2) is 49.2. The minimum absolute atomic E-state index is 0.254. The highest BCUT2D eigenvalue weighted by molar-refractivity contribution is 5.80. The van der Waals surface area contributed by atoms with Gasteiger partial charge in [-0.3, -0.25) is 4.79 Å². The lowest BCUT2D eigenvalue weighted by molar-refractivity contribution is -0.303. The number of carbonyl (C=O) groups is 1. The molecule has 0 radical (unpaired) electrons. The van der Waals surface area contributed by atoms with Crippen molar-refractivity contribution in [2.45, 2.75) is 326 Å². The number of nitrogens with one attached hydrogen (secondary N) is 1. The summed E-state index contributed by atoms with van der Waals surface area (Å²) in [5.41, 5.74) is 0. The van der Waals surface area contributed by atoms with Crippen LogP contribution in [0.2, 0.25) is 0 Å². The van der Waals surface area contributed by atoms with Crippen LogP contribution < -0.4 is 5.32 Å². The van der Waals surface area contributed by atoms with Gasteiger partial charge in [0.05, 0.1) is 25.4 Å². The van der Waals surface area contributed by atoms with Crippen molar-refractivity contribution < 1.29 is 50.0 Å². The van der Waals surface area contributed by atoms with Gasteiger partial charge >= 0.3 is 0 Å². The quantitative estimate of drug-likeness (QED) is 0.0215. The number of hydrogen-bond acceptors (Lipinski definition) is 10. The summed E-state index contributed by atoms with van der Waals surface area (Å²) in [6.07, 6.45) is 49.9. The van der Waals surface area contributed by atoms with Crippen LogP contribution in [0.4, 0.5) is 0 Å². The molecule has 1 fully saturated rings. The standard InChI is InChI=1S/C60H113NO10/c1-3-5-7-9-11-13-14-15-16-17-18-19-20-21-22-23-24-25-26-27-28-29-30-31-32-33-34-35-36-37-38-39-40-42-44-46-48-53(64)59(69)61-51(50-70-60-58(68)57(67)56(66)54(49-62)71-60)55(65)52(63)47-45-43-41-12-10-8-6-4-2/h12,22-23,25-26,41,51-58,60,62-68H,3-11,13-21,24,27-40,42-50H2,1-2H3,(H,61,69)/b23-22-,26-25-,41-12+. The molecule has 1 heterocycles. The van der Waals surface area contributed by atoms with Crippen LogP contribution in [-0.2, 0) is 14.3 Å². The molecule has 1 aliphatic heterocycles. The Morgan fingerprint density at radius 2 is 0.873 bits per heavy atom. The highest BCUT2D eigenvalue weighted by atomic mass is 16.7. The first kappa shape index (κ1) is 67.3. The largest absolute Gasteiger partial charge is 0.394 e. The van der Waals surface area contributed by atoms with Crippen LogP contribution in [0.25, 0.3) is 0 Å². The third-order valence-corrected chi connectivity index (χ3v) is 14.4. The molecule has 11 heteroatoms. The lowest BCUT2D eigenvalue weighted by atomic mass is 9.98. The molecule has 0 aromatic rings. The molecule has 1 saturated heterocycles. The van der Waals surface area contributed by atoms with Gasteiger partial charge in [-0.1, -0.05) is 237 Å². The van der Waals surface area contributed by atoms with Gasteiger partial charge in [0.1, 0.15) is 36.6 Å². The van der Waals surface area contributed by atoms with Crippen molar-refractivity contribution in [2.75, 3.05) is 13.2 Å². The van der Waals surface area contributed by atoms with Crippen molar-refractivity contribution in [3.05, 3.63) is 36.5 Å². The summed E-state index contributed by atoms with van der Waals surface area (Å²) in [5.74, 6) is -0.708. The molecule has 0 aliphatic carbocycles. The van der Waals surface area contributed by atoms with E-state index in [2.05, 4.69) is 55.6 Å². The predicted molar refractivity (Wildman–Crippen MR) is 293 cm³/mol. The lowest BCUT2D eigenvalue weighted by Crippen LogP contribution is -2.60. The van der Waals surface area contributed by atoms with E-state index in [1.807, 2.05) is 0 Å². The topological polar surface area (TPSA) is 189 Å². The molecular weight excluding hydrogens is 895 g/mol. The van der Waals surface area contributed by atoms with E-state index in [0.29, 0.717) is 12.8 Å². The third-order valence-electron chi connectivity index (χ3n) is 14.4. The molecule has 418 valence electrons.